The fourth-order valence-corrected chi connectivity index (χ4v) is 2.42. The van der Waals surface area contributed by atoms with Crippen molar-refractivity contribution in [1.82, 2.24) is 0 Å². The largest absolute Gasteiger partial charge is 0.461 e. The summed E-state index contributed by atoms with van der Waals surface area (Å²) in [5.74, 6) is 1.21. The average molecular weight is 201 g/mol. The van der Waals surface area contributed by atoms with Gasteiger partial charge in [-0.1, -0.05) is 0 Å². The van der Waals surface area contributed by atoms with Crippen LogP contribution < -0.4 is 5.32 Å². The first kappa shape index (κ1) is 8.84. The van der Waals surface area contributed by atoms with Crippen LogP contribution in [-0.4, -0.2) is 7.05 Å². The van der Waals surface area contributed by atoms with E-state index in [4.69, 9.17) is 4.42 Å². The first-order chi connectivity index (χ1) is 7.38. The highest BCUT2D eigenvalue weighted by molar-refractivity contribution is 5.85. The zero-order chi connectivity index (χ0) is 10.3. The van der Waals surface area contributed by atoms with Crippen LogP contribution in [-0.2, 0) is 12.8 Å². The van der Waals surface area contributed by atoms with Gasteiger partial charge in [0.1, 0.15) is 11.3 Å². The number of benzene rings is 1. The van der Waals surface area contributed by atoms with E-state index >= 15 is 0 Å². The molecule has 0 unspecified atom stereocenters. The number of aryl methyl sites for hydroxylation is 2. The van der Waals surface area contributed by atoms with Crippen molar-refractivity contribution in [3.8, 4) is 0 Å². The summed E-state index contributed by atoms with van der Waals surface area (Å²) >= 11 is 0. The highest BCUT2D eigenvalue weighted by atomic mass is 16.3. The molecule has 0 aliphatic heterocycles. The Morgan fingerprint density at radius 3 is 2.93 bits per heavy atom. The third-order valence-corrected chi connectivity index (χ3v) is 3.24. The molecule has 0 saturated heterocycles. The van der Waals surface area contributed by atoms with E-state index in [2.05, 4.69) is 23.5 Å². The lowest BCUT2D eigenvalue weighted by molar-refractivity contribution is 0.506. The van der Waals surface area contributed by atoms with Gasteiger partial charge in [-0.05, 0) is 37.5 Å². The molecule has 1 heterocycles. The maximum absolute atomic E-state index is 5.86. The zero-order valence-corrected chi connectivity index (χ0v) is 8.97. The highest BCUT2D eigenvalue weighted by Gasteiger charge is 2.17. The minimum Gasteiger partial charge on any atom is -0.461 e. The summed E-state index contributed by atoms with van der Waals surface area (Å²) in [5.41, 5.74) is 3.64. The van der Waals surface area contributed by atoms with E-state index < -0.39 is 0 Å². The summed E-state index contributed by atoms with van der Waals surface area (Å²) < 4.78 is 5.86. The maximum Gasteiger partial charge on any atom is 0.134 e. The third-order valence-electron chi connectivity index (χ3n) is 3.24. The lowest BCUT2D eigenvalue weighted by Gasteiger charge is -2.08. The van der Waals surface area contributed by atoms with Crippen LogP contribution in [0.3, 0.4) is 0 Å². The molecule has 0 spiro atoms. The van der Waals surface area contributed by atoms with E-state index in [0.29, 0.717) is 0 Å². The van der Waals surface area contributed by atoms with Crippen molar-refractivity contribution in [2.75, 3.05) is 12.4 Å². The number of rotatable bonds is 1. The summed E-state index contributed by atoms with van der Waals surface area (Å²) in [6.45, 7) is 0. The highest BCUT2D eigenvalue weighted by Crippen LogP contribution is 2.33. The minimum atomic E-state index is 1.04. The van der Waals surface area contributed by atoms with Crippen LogP contribution in [0.25, 0.3) is 11.0 Å². The lowest BCUT2D eigenvalue weighted by atomic mass is 9.96. The number of anilines is 1. The fraction of sp³-hybridized carbons (Fsp3) is 0.385. The second kappa shape index (κ2) is 3.30. The van der Waals surface area contributed by atoms with Crippen molar-refractivity contribution in [2.24, 2.45) is 0 Å². The van der Waals surface area contributed by atoms with Crippen LogP contribution in [0.1, 0.15) is 24.2 Å². The van der Waals surface area contributed by atoms with Gasteiger partial charge < -0.3 is 9.73 Å². The van der Waals surface area contributed by atoms with Crippen molar-refractivity contribution in [1.29, 1.82) is 0 Å². The van der Waals surface area contributed by atoms with Gasteiger partial charge >= 0.3 is 0 Å². The number of nitrogens with one attached hydrogen (secondary N) is 1. The first-order valence-electron chi connectivity index (χ1n) is 5.60. The van der Waals surface area contributed by atoms with Gasteiger partial charge in [-0.15, -0.1) is 0 Å². The molecule has 3 rings (SSSR count). The van der Waals surface area contributed by atoms with E-state index in [1.54, 1.807) is 0 Å². The van der Waals surface area contributed by atoms with E-state index in [1.807, 2.05) is 7.05 Å². The van der Waals surface area contributed by atoms with Gasteiger partial charge in [0, 0.05) is 30.1 Å². The molecule has 0 radical (unpaired) electrons. The number of furan rings is 1. The molecule has 1 N–H and O–H groups in total. The molecule has 1 aliphatic rings. The molecule has 1 aromatic carbocycles. The molecule has 2 heteroatoms. The first-order valence-corrected chi connectivity index (χ1v) is 5.60. The molecule has 78 valence electrons. The molecule has 15 heavy (non-hydrogen) atoms. The Balaban J connectivity index is 2.24. The van der Waals surface area contributed by atoms with E-state index in [1.165, 1.54) is 36.0 Å². The zero-order valence-electron chi connectivity index (χ0n) is 8.97. The Labute approximate surface area is 89.3 Å². The molecule has 1 aliphatic carbocycles. The summed E-state index contributed by atoms with van der Waals surface area (Å²) in [5, 5.41) is 4.48. The second-order valence-electron chi connectivity index (χ2n) is 4.17. The van der Waals surface area contributed by atoms with Crippen molar-refractivity contribution < 1.29 is 4.42 Å². The molecule has 0 saturated carbocycles. The number of hydrogen-bond acceptors (Lipinski definition) is 2. The van der Waals surface area contributed by atoms with Gasteiger partial charge in [-0.3, -0.25) is 0 Å². The molecule has 0 atom stereocenters. The van der Waals surface area contributed by atoms with Gasteiger partial charge in [0.25, 0.3) is 0 Å². The molecule has 2 aromatic rings. The van der Waals surface area contributed by atoms with E-state index in [0.717, 1.165) is 17.7 Å². The number of fused-ring (bicyclic) bond motifs is 3. The normalized spacial score (nSPS) is 15.3. The van der Waals surface area contributed by atoms with Crippen molar-refractivity contribution >= 4 is 16.7 Å². The Morgan fingerprint density at radius 2 is 2.07 bits per heavy atom. The fourth-order valence-electron chi connectivity index (χ4n) is 2.42. The maximum atomic E-state index is 5.86. The van der Waals surface area contributed by atoms with E-state index in [-0.39, 0.29) is 0 Å². The lowest BCUT2D eigenvalue weighted by Crippen LogP contribution is -1.98. The van der Waals surface area contributed by atoms with Crippen LogP contribution >= 0.6 is 0 Å². The smallest absolute Gasteiger partial charge is 0.134 e. The molecular weight excluding hydrogens is 186 g/mol. The molecule has 0 fully saturated rings. The molecule has 0 amide bonds. The van der Waals surface area contributed by atoms with Crippen LogP contribution in [0.2, 0.25) is 0 Å². The SMILES string of the molecule is CNc1ccc2oc3c(c2c1)CCCC3. The second-order valence-corrected chi connectivity index (χ2v) is 4.17. The van der Waals surface area contributed by atoms with Crippen molar-refractivity contribution in [3.05, 3.63) is 29.5 Å². The van der Waals surface area contributed by atoms with Crippen LogP contribution in [0.5, 0.6) is 0 Å². The van der Waals surface area contributed by atoms with Gasteiger partial charge in [-0.25, -0.2) is 0 Å². The molecule has 0 bridgehead atoms. The van der Waals surface area contributed by atoms with Crippen molar-refractivity contribution in [3.63, 3.8) is 0 Å². The van der Waals surface area contributed by atoms with E-state index in [9.17, 15) is 0 Å². The Morgan fingerprint density at radius 1 is 1.20 bits per heavy atom. The summed E-state index contributed by atoms with van der Waals surface area (Å²) in [6, 6.07) is 6.33. The minimum absolute atomic E-state index is 1.04. The third kappa shape index (κ3) is 1.32. The van der Waals surface area contributed by atoms with Crippen LogP contribution in [0.15, 0.2) is 22.6 Å². The topological polar surface area (TPSA) is 25.2 Å². The van der Waals surface area contributed by atoms with Crippen LogP contribution in [0, 0.1) is 0 Å². The van der Waals surface area contributed by atoms with Gasteiger partial charge in [0.05, 0.1) is 0 Å². The van der Waals surface area contributed by atoms with Gasteiger partial charge in [0.2, 0.25) is 0 Å². The average Bonchev–Trinajstić information content (AvgIpc) is 2.66. The summed E-state index contributed by atoms with van der Waals surface area (Å²) in [4.78, 5) is 0. The molecular formula is C13H15NO. The summed E-state index contributed by atoms with van der Waals surface area (Å²) in [7, 11) is 1.95. The monoisotopic (exact) mass is 201 g/mol. The predicted molar refractivity (Wildman–Crippen MR) is 62.4 cm³/mol. The van der Waals surface area contributed by atoms with Crippen LogP contribution in [0.4, 0.5) is 5.69 Å². The summed E-state index contributed by atoms with van der Waals surface area (Å²) in [6.07, 6.45) is 4.85. The van der Waals surface area contributed by atoms with Gasteiger partial charge in [-0.2, -0.15) is 0 Å². The predicted octanol–water partition coefficient (Wildman–Crippen LogP) is 3.35. The quantitative estimate of drug-likeness (QED) is 0.765. The van der Waals surface area contributed by atoms with Crippen molar-refractivity contribution in [2.45, 2.75) is 25.7 Å². The Kier molecular flexibility index (Phi) is 1.94. The molecule has 2 nitrogen and oxygen atoms in total. The standard InChI is InChI=1S/C13H15NO/c1-14-9-6-7-13-11(8-9)10-4-2-3-5-12(10)15-13/h6-8,14H,2-5H2,1H3. The van der Waals surface area contributed by atoms with Gasteiger partial charge in [0.15, 0.2) is 0 Å². The Bertz CT molecular complexity index is 498. The Hall–Kier alpha value is -1.44. The molecule has 1 aromatic heterocycles. The number of hydrogen-bond donors (Lipinski definition) is 1.